The van der Waals surface area contributed by atoms with E-state index in [1.807, 2.05) is 32.0 Å². The lowest BCUT2D eigenvalue weighted by Gasteiger charge is -2.12. The molecule has 17 heavy (non-hydrogen) atoms. The maximum atomic E-state index is 10.6. The summed E-state index contributed by atoms with van der Waals surface area (Å²) in [6.07, 6.45) is 0. The smallest absolute Gasteiger partial charge is 0.320 e. The minimum Gasteiger partial charge on any atom is -0.492 e. The molecule has 4 heteroatoms. The third-order valence-corrected chi connectivity index (χ3v) is 2.52. The highest BCUT2D eigenvalue weighted by Gasteiger charge is 2.08. The SMILES string of the molecule is Cc1ccc(C)c(OCCN[C@H](C)C(=O)O)c1. The van der Waals surface area contributed by atoms with E-state index in [0.717, 1.165) is 16.9 Å². The average molecular weight is 237 g/mol. The van der Waals surface area contributed by atoms with Crippen molar-refractivity contribution in [1.82, 2.24) is 5.32 Å². The van der Waals surface area contributed by atoms with Gasteiger partial charge >= 0.3 is 5.97 Å². The molecule has 0 aliphatic carbocycles. The van der Waals surface area contributed by atoms with Crippen molar-refractivity contribution in [3.63, 3.8) is 0 Å². The van der Waals surface area contributed by atoms with E-state index >= 15 is 0 Å². The first kappa shape index (κ1) is 13.5. The van der Waals surface area contributed by atoms with Gasteiger partial charge < -0.3 is 15.2 Å². The van der Waals surface area contributed by atoms with Gasteiger partial charge in [0.1, 0.15) is 18.4 Å². The van der Waals surface area contributed by atoms with Crippen LogP contribution in [-0.2, 0) is 4.79 Å². The summed E-state index contributed by atoms with van der Waals surface area (Å²) in [5.41, 5.74) is 2.24. The first-order valence-corrected chi connectivity index (χ1v) is 5.67. The Hall–Kier alpha value is -1.55. The molecule has 1 aromatic carbocycles. The molecule has 0 spiro atoms. The maximum Gasteiger partial charge on any atom is 0.320 e. The number of aliphatic carboxylic acids is 1. The highest BCUT2D eigenvalue weighted by Crippen LogP contribution is 2.18. The predicted molar refractivity (Wildman–Crippen MR) is 66.5 cm³/mol. The summed E-state index contributed by atoms with van der Waals surface area (Å²) in [6.45, 7) is 6.59. The summed E-state index contributed by atoms with van der Waals surface area (Å²) >= 11 is 0. The van der Waals surface area contributed by atoms with Gasteiger partial charge in [0.15, 0.2) is 0 Å². The third kappa shape index (κ3) is 4.44. The molecule has 0 fully saturated rings. The van der Waals surface area contributed by atoms with Crippen LogP contribution in [0.1, 0.15) is 18.1 Å². The molecular weight excluding hydrogens is 218 g/mol. The fourth-order valence-corrected chi connectivity index (χ4v) is 1.39. The lowest BCUT2D eigenvalue weighted by molar-refractivity contribution is -0.139. The predicted octanol–water partition coefficient (Wildman–Crippen LogP) is 1.74. The highest BCUT2D eigenvalue weighted by molar-refractivity contribution is 5.72. The standard InChI is InChI=1S/C13H19NO3/c1-9-4-5-10(2)12(8-9)17-7-6-14-11(3)13(15)16/h4-5,8,11,14H,6-7H2,1-3H3,(H,15,16)/t11-/m1/s1. The molecule has 1 atom stereocenters. The van der Waals surface area contributed by atoms with Gasteiger partial charge in [0.05, 0.1) is 0 Å². The van der Waals surface area contributed by atoms with E-state index in [4.69, 9.17) is 9.84 Å². The molecule has 0 unspecified atom stereocenters. The number of carboxylic acid groups (broad SMARTS) is 1. The van der Waals surface area contributed by atoms with Crippen LogP contribution in [0.3, 0.4) is 0 Å². The van der Waals surface area contributed by atoms with E-state index in [9.17, 15) is 4.79 Å². The molecule has 2 N–H and O–H groups in total. The summed E-state index contributed by atoms with van der Waals surface area (Å²) in [5, 5.41) is 11.5. The van der Waals surface area contributed by atoms with Crippen LogP contribution in [0.5, 0.6) is 5.75 Å². The summed E-state index contributed by atoms with van der Waals surface area (Å²) in [7, 11) is 0. The Morgan fingerprint density at radius 1 is 1.47 bits per heavy atom. The molecule has 0 amide bonds. The third-order valence-electron chi connectivity index (χ3n) is 2.52. The van der Waals surface area contributed by atoms with Crippen LogP contribution in [-0.4, -0.2) is 30.3 Å². The number of aryl methyl sites for hydroxylation is 2. The molecule has 0 aromatic heterocycles. The van der Waals surface area contributed by atoms with E-state index in [1.165, 1.54) is 0 Å². The number of nitrogens with one attached hydrogen (secondary N) is 1. The van der Waals surface area contributed by atoms with Crippen LogP contribution >= 0.6 is 0 Å². The summed E-state index contributed by atoms with van der Waals surface area (Å²) in [5.74, 6) is 0.00603. The van der Waals surface area contributed by atoms with Crippen molar-refractivity contribution in [3.05, 3.63) is 29.3 Å². The molecule has 0 bridgehead atoms. The Morgan fingerprint density at radius 2 is 2.18 bits per heavy atom. The zero-order valence-electron chi connectivity index (χ0n) is 10.5. The zero-order valence-corrected chi connectivity index (χ0v) is 10.5. The second-order valence-electron chi connectivity index (χ2n) is 4.13. The van der Waals surface area contributed by atoms with Crippen molar-refractivity contribution >= 4 is 5.97 Å². The van der Waals surface area contributed by atoms with Crippen molar-refractivity contribution < 1.29 is 14.6 Å². The number of ether oxygens (including phenoxy) is 1. The van der Waals surface area contributed by atoms with Gasteiger partial charge in [-0.05, 0) is 38.0 Å². The van der Waals surface area contributed by atoms with Gasteiger partial charge in [-0.1, -0.05) is 12.1 Å². The lowest BCUT2D eigenvalue weighted by atomic mass is 10.1. The first-order chi connectivity index (χ1) is 8.00. The summed E-state index contributed by atoms with van der Waals surface area (Å²) in [6, 6.07) is 5.48. The van der Waals surface area contributed by atoms with Gasteiger partial charge in [-0.3, -0.25) is 4.79 Å². The second-order valence-corrected chi connectivity index (χ2v) is 4.13. The van der Waals surface area contributed by atoms with E-state index in [2.05, 4.69) is 5.32 Å². The van der Waals surface area contributed by atoms with Crippen molar-refractivity contribution in [2.24, 2.45) is 0 Å². The molecule has 1 rings (SSSR count). The van der Waals surface area contributed by atoms with Gasteiger partial charge in [0, 0.05) is 6.54 Å². The molecule has 1 aromatic rings. The van der Waals surface area contributed by atoms with Crippen LogP contribution in [0.4, 0.5) is 0 Å². The van der Waals surface area contributed by atoms with Crippen LogP contribution in [0.25, 0.3) is 0 Å². The number of carbonyl (C=O) groups is 1. The van der Waals surface area contributed by atoms with E-state index < -0.39 is 12.0 Å². The fourth-order valence-electron chi connectivity index (χ4n) is 1.39. The Labute approximate surface area is 102 Å². The van der Waals surface area contributed by atoms with Crippen molar-refractivity contribution in [1.29, 1.82) is 0 Å². The average Bonchev–Trinajstić information content (AvgIpc) is 2.28. The molecule has 0 aliphatic rings. The number of carboxylic acids is 1. The second kappa shape index (κ2) is 6.25. The van der Waals surface area contributed by atoms with Crippen molar-refractivity contribution in [3.8, 4) is 5.75 Å². The lowest BCUT2D eigenvalue weighted by Crippen LogP contribution is -2.36. The number of hydrogen-bond donors (Lipinski definition) is 2. The maximum absolute atomic E-state index is 10.6. The van der Waals surface area contributed by atoms with E-state index in [0.29, 0.717) is 13.2 Å². The summed E-state index contributed by atoms with van der Waals surface area (Å²) in [4.78, 5) is 10.6. The van der Waals surface area contributed by atoms with Gasteiger partial charge in [-0.2, -0.15) is 0 Å². The molecular formula is C13H19NO3. The quantitative estimate of drug-likeness (QED) is 0.740. The largest absolute Gasteiger partial charge is 0.492 e. The summed E-state index contributed by atoms with van der Waals surface area (Å²) < 4.78 is 5.59. The topological polar surface area (TPSA) is 58.6 Å². The van der Waals surface area contributed by atoms with Crippen LogP contribution < -0.4 is 10.1 Å². The molecule has 0 saturated carbocycles. The first-order valence-electron chi connectivity index (χ1n) is 5.67. The van der Waals surface area contributed by atoms with Crippen LogP contribution in [0.15, 0.2) is 18.2 Å². The monoisotopic (exact) mass is 237 g/mol. The van der Waals surface area contributed by atoms with Crippen LogP contribution in [0, 0.1) is 13.8 Å². The Bertz CT molecular complexity index is 390. The van der Waals surface area contributed by atoms with Crippen molar-refractivity contribution in [2.75, 3.05) is 13.2 Å². The Kier molecular flexibility index (Phi) is 4.97. The number of hydrogen-bond acceptors (Lipinski definition) is 3. The normalized spacial score (nSPS) is 12.2. The van der Waals surface area contributed by atoms with Gasteiger partial charge in [0.2, 0.25) is 0 Å². The zero-order chi connectivity index (χ0) is 12.8. The molecule has 0 saturated heterocycles. The number of benzene rings is 1. The van der Waals surface area contributed by atoms with Crippen LogP contribution in [0.2, 0.25) is 0 Å². The van der Waals surface area contributed by atoms with Crippen molar-refractivity contribution in [2.45, 2.75) is 26.8 Å². The number of rotatable bonds is 6. The fraction of sp³-hybridized carbons (Fsp3) is 0.462. The van der Waals surface area contributed by atoms with E-state index in [-0.39, 0.29) is 0 Å². The minimum atomic E-state index is -0.850. The Morgan fingerprint density at radius 3 is 2.82 bits per heavy atom. The molecule has 4 nitrogen and oxygen atoms in total. The van der Waals surface area contributed by atoms with Gasteiger partial charge in [-0.25, -0.2) is 0 Å². The molecule has 0 aliphatic heterocycles. The van der Waals surface area contributed by atoms with E-state index in [1.54, 1.807) is 6.92 Å². The van der Waals surface area contributed by atoms with Gasteiger partial charge in [-0.15, -0.1) is 0 Å². The Balaban J connectivity index is 2.36. The van der Waals surface area contributed by atoms with Gasteiger partial charge in [0.25, 0.3) is 0 Å². The molecule has 0 radical (unpaired) electrons. The minimum absolute atomic E-state index is 0.460. The molecule has 0 heterocycles. The highest BCUT2D eigenvalue weighted by atomic mass is 16.5. The molecule has 94 valence electrons.